The number of benzene rings is 1. The standard InChI is InChI=1S/C14H16FNO4/c1-3-19-12(20-4-2)8-16-11-7-9(15)5-6-10(11)13(17)14(16)18/h5-7,12H,3-4,8H2,1-2H3. The molecule has 1 aliphatic heterocycles. The third-order valence-corrected chi connectivity index (χ3v) is 2.97. The Kier molecular flexibility index (Phi) is 4.46. The van der Waals surface area contributed by atoms with Crippen molar-refractivity contribution in [1.82, 2.24) is 0 Å². The Bertz CT molecular complexity index is 526. The summed E-state index contributed by atoms with van der Waals surface area (Å²) in [7, 11) is 0. The normalized spacial score (nSPS) is 14.3. The van der Waals surface area contributed by atoms with Gasteiger partial charge in [-0.2, -0.15) is 0 Å². The van der Waals surface area contributed by atoms with Crippen molar-refractivity contribution in [2.75, 3.05) is 24.7 Å². The SMILES string of the molecule is CCOC(CN1C(=O)C(=O)c2ccc(F)cc21)OCC. The van der Waals surface area contributed by atoms with E-state index < -0.39 is 23.8 Å². The van der Waals surface area contributed by atoms with Crippen LogP contribution in [-0.4, -0.2) is 37.7 Å². The smallest absolute Gasteiger partial charge is 0.299 e. The fourth-order valence-corrected chi connectivity index (χ4v) is 2.12. The second-order valence-corrected chi connectivity index (χ2v) is 4.25. The third-order valence-electron chi connectivity index (χ3n) is 2.97. The molecule has 0 radical (unpaired) electrons. The van der Waals surface area contributed by atoms with Crippen LogP contribution in [0.25, 0.3) is 0 Å². The molecule has 0 aliphatic carbocycles. The molecule has 2 rings (SSSR count). The molecule has 1 aliphatic rings. The summed E-state index contributed by atoms with van der Waals surface area (Å²) < 4.78 is 24.0. The van der Waals surface area contributed by atoms with Crippen LogP contribution >= 0.6 is 0 Å². The zero-order valence-electron chi connectivity index (χ0n) is 11.4. The van der Waals surface area contributed by atoms with Gasteiger partial charge in [-0.05, 0) is 32.0 Å². The van der Waals surface area contributed by atoms with Gasteiger partial charge in [-0.3, -0.25) is 14.5 Å². The van der Waals surface area contributed by atoms with Gasteiger partial charge < -0.3 is 9.47 Å². The number of hydrogen-bond donors (Lipinski definition) is 0. The van der Waals surface area contributed by atoms with Crippen molar-refractivity contribution in [3.63, 3.8) is 0 Å². The van der Waals surface area contributed by atoms with E-state index in [0.29, 0.717) is 13.2 Å². The van der Waals surface area contributed by atoms with Gasteiger partial charge >= 0.3 is 0 Å². The minimum absolute atomic E-state index is 0.0582. The van der Waals surface area contributed by atoms with Gasteiger partial charge in [0.25, 0.3) is 11.7 Å². The molecule has 0 unspecified atom stereocenters. The molecular weight excluding hydrogens is 265 g/mol. The fourth-order valence-electron chi connectivity index (χ4n) is 2.12. The molecule has 6 heteroatoms. The third kappa shape index (κ3) is 2.71. The van der Waals surface area contributed by atoms with Crippen LogP contribution in [0.4, 0.5) is 10.1 Å². The lowest BCUT2D eigenvalue weighted by Crippen LogP contribution is -2.39. The van der Waals surface area contributed by atoms with E-state index in [-0.39, 0.29) is 17.8 Å². The van der Waals surface area contributed by atoms with Crippen molar-refractivity contribution in [2.24, 2.45) is 0 Å². The van der Waals surface area contributed by atoms with Crippen LogP contribution in [0.5, 0.6) is 0 Å². The minimum Gasteiger partial charge on any atom is -0.351 e. The highest BCUT2D eigenvalue weighted by Crippen LogP contribution is 2.30. The summed E-state index contributed by atoms with van der Waals surface area (Å²) in [5, 5.41) is 0. The highest BCUT2D eigenvalue weighted by Gasteiger charge is 2.37. The zero-order chi connectivity index (χ0) is 14.7. The average Bonchev–Trinajstić information content (AvgIpc) is 2.64. The first-order valence-electron chi connectivity index (χ1n) is 6.47. The summed E-state index contributed by atoms with van der Waals surface area (Å²) in [4.78, 5) is 25.0. The summed E-state index contributed by atoms with van der Waals surface area (Å²) in [5.41, 5.74) is 0.479. The molecule has 0 fully saturated rings. The van der Waals surface area contributed by atoms with E-state index >= 15 is 0 Å². The van der Waals surface area contributed by atoms with E-state index in [9.17, 15) is 14.0 Å². The van der Waals surface area contributed by atoms with Crippen LogP contribution in [0, 0.1) is 5.82 Å². The quantitative estimate of drug-likeness (QED) is 0.589. The number of hydrogen-bond acceptors (Lipinski definition) is 4. The Morgan fingerprint density at radius 1 is 1.20 bits per heavy atom. The molecule has 5 nitrogen and oxygen atoms in total. The second kappa shape index (κ2) is 6.11. The molecule has 0 atom stereocenters. The first kappa shape index (κ1) is 14.6. The Balaban J connectivity index is 2.26. The van der Waals surface area contributed by atoms with Crippen LogP contribution in [0.3, 0.4) is 0 Å². The van der Waals surface area contributed by atoms with Crippen LogP contribution < -0.4 is 4.90 Å². The number of halogens is 1. The van der Waals surface area contributed by atoms with Gasteiger partial charge in [-0.15, -0.1) is 0 Å². The molecule has 0 saturated carbocycles. The number of anilines is 1. The lowest BCUT2D eigenvalue weighted by atomic mass is 10.1. The van der Waals surface area contributed by atoms with Crippen LogP contribution in [-0.2, 0) is 14.3 Å². The monoisotopic (exact) mass is 281 g/mol. The molecule has 0 saturated heterocycles. The number of Topliss-reactive ketones (excluding diaryl/α,β-unsaturated/α-hetero) is 1. The topological polar surface area (TPSA) is 55.8 Å². The number of carbonyl (C=O) groups excluding carboxylic acids is 2. The first-order chi connectivity index (χ1) is 9.58. The maximum atomic E-state index is 13.3. The maximum Gasteiger partial charge on any atom is 0.299 e. The zero-order valence-corrected chi connectivity index (χ0v) is 11.4. The molecule has 1 heterocycles. The average molecular weight is 281 g/mol. The molecular formula is C14H16FNO4. The summed E-state index contributed by atoms with van der Waals surface area (Å²) in [6.07, 6.45) is -0.643. The molecule has 0 aromatic heterocycles. The fraction of sp³-hybridized carbons (Fsp3) is 0.429. The number of rotatable bonds is 6. The van der Waals surface area contributed by atoms with E-state index in [1.807, 2.05) is 0 Å². The number of ketones is 1. The first-order valence-corrected chi connectivity index (χ1v) is 6.47. The highest BCUT2D eigenvalue weighted by atomic mass is 19.1. The van der Waals surface area contributed by atoms with Crippen molar-refractivity contribution in [2.45, 2.75) is 20.1 Å². The molecule has 1 aromatic carbocycles. The summed E-state index contributed by atoms with van der Waals surface area (Å²) >= 11 is 0. The van der Waals surface area contributed by atoms with Gasteiger partial charge in [0, 0.05) is 13.2 Å². The van der Waals surface area contributed by atoms with E-state index in [1.54, 1.807) is 13.8 Å². The molecule has 0 bridgehead atoms. The molecule has 1 amide bonds. The molecule has 1 aromatic rings. The molecule has 0 spiro atoms. The summed E-state index contributed by atoms with van der Waals surface area (Å²) in [6, 6.07) is 3.66. The number of fused-ring (bicyclic) bond motifs is 1. The Labute approximate surface area is 116 Å². The van der Waals surface area contributed by atoms with Crippen molar-refractivity contribution < 1.29 is 23.5 Å². The lowest BCUT2D eigenvalue weighted by Gasteiger charge is -2.23. The maximum absolute atomic E-state index is 13.3. The van der Waals surface area contributed by atoms with E-state index in [2.05, 4.69) is 0 Å². The van der Waals surface area contributed by atoms with Gasteiger partial charge in [0.05, 0.1) is 17.8 Å². The summed E-state index contributed by atoms with van der Waals surface area (Å²) in [5.74, 6) is -1.82. The second-order valence-electron chi connectivity index (χ2n) is 4.25. The number of carbonyl (C=O) groups is 2. The molecule has 20 heavy (non-hydrogen) atoms. The number of ether oxygens (including phenoxy) is 2. The van der Waals surface area contributed by atoms with Crippen LogP contribution in [0.1, 0.15) is 24.2 Å². The predicted octanol–water partition coefficient (Wildman–Crippen LogP) is 1.75. The van der Waals surface area contributed by atoms with Crippen LogP contribution in [0.2, 0.25) is 0 Å². The van der Waals surface area contributed by atoms with Gasteiger partial charge in [0.2, 0.25) is 0 Å². The predicted molar refractivity (Wildman–Crippen MR) is 70.1 cm³/mol. The highest BCUT2D eigenvalue weighted by molar-refractivity contribution is 6.52. The van der Waals surface area contributed by atoms with Crippen LogP contribution in [0.15, 0.2) is 18.2 Å². The van der Waals surface area contributed by atoms with Gasteiger partial charge in [0.1, 0.15) is 5.82 Å². The molecule has 108 valence electrons. The van der Waals surface area contributed by atoms with Crippen molar-refractivity contribution in [3.8, 4) is 0 Å². The van der Waals surface area contributed by atoms with Crippen molar-refractivity contribution in [3.05, 3.63) is 29.6 Å². The van der Waals surface area contributed by atoms with Crippen molar-refractivity contribution in [1.29, 1.82) is 0 Å². The van der Waals surface area contributed by atoms with E-state index in [0.717, 1.165) is 6.07 Å². The summed E-state index contributed by atoms with van der Waals surface area (Å²) in [6.45, 7) is 4.49. The Hall–Kier alpha value is -1.79. The Morgan fingerprint density at radius 3 is 2.45 bits per heavy atom. The van der Waals surface area contributed by atoms with E-state index in [1.165, 1.54) is 17.0 Å². The number of amides is 1. The molecule has 0 N–H and O–H groups in total. The number of nitrogens with zero attached hydrogens (tertiary/aromatic N) is 1. The van der Waals surface area contributed by atoms with Gasteiger partial charge in [0.15, 0.2) is 6.29 Å². The van der Waals surface area contributed by atoms with Gasteiger partial charge in [-0.25, -0.2) is 4.39 Å². The van der Waals surface area contributed by atoms with E-state index in [4.69, 9.17) is 9.47 Å². The van der Waals surface area contributed by atoms with Gasteiger partial charge in [-0.1, -0.05) is 0 Å². The minimum atomic E-state index is -0.685. The lowest BCUT2D eigenvalue weighted by molar-refractivity contribution is -0.134. The largest absolute Gasteiger partial charge is 0.351 e. The Morgan fingerprint density at radius 2 is 1.85 bits per heavy atom. The van der Waals surface area contributed by atoms with Crippen molar-refractivity contribution >= 4 is 17.4 Å².